The molecule has 0 aliphatic carbocycles. The number of nitrogens with two attached hydrogens (primary N) is 1. The van der Waals surface area contributed by atoms with Crippen molar-refractivity contribution in [2.24, 2.45) is 5.73 Å². The third-order valence-electron chi connectivity index (χ3n) is 3.12. The predicted molar refractivity (Wildman–Crippen MR) is 81.0 cm³/mol. The molecule has 4 nitrogen and oxygen atoms in total. The zero-order valence-electron chi connectivity index (χ0n) is 12.1. The summed E-state index contributed by atoms with van der Waals surface area (Å²) < 4.78 is 7.84. The molecule has 0 spiro atoms. The number of rotatable bonds is 5. The van der Waals surface area contributed by atoms with Gasteiger partial charge < -0.3 is 10.5 Å². The van der Waals surface area contributed by atoms with Crippen LogP contribution in [0.5, 0.6) is 5.75 Å². The second-order valence-electron chi connectivity index (χ2n) is 4.85. The summed E-state index contributed by atoms with van der Waals surface area (Å²) in [6, 6.07) is 7.43. The molecule has 0 saturated heterocycles. The molecule has 1 unspecified atom stereocenters. The lowest BCUT2D eigenvalue weighted by atomic mass is 10.1. The Morgan fingerprint density at radius 2 is 2.15 bits per heavy atom. The van der Waals surface area contributed by atoms with Crippen LogP contribution in [-0.4, -0.2) is 9.78 Å². The molecule has 1 atom stereocenters. The highest BCUT2D eigenvalue weighted by molar-refractivity contribution is 6.30. The molecular formula is C15H20ClN3O. The normalized spacial score (nSPS) is 12.4. The molecular weight excluding hydrogens is 274 g/mol. The van der Waals surface area contributed by atoms with Crippen LogP contribution < -0.4 is 10.5 Å². The van der Waals surface area contributed by atoms with E-state index in [0.717, 1.165) is 29.2 Å². The fourth-order valence-electron chi connectivity index (χ4n) is 2.15. The van der Waals surface area contributed by atoms with Crippen molar-refractivity contribution in [1.82, 2.24) is 9.78 Å². The third-order valence-corrected chi connectivity index (χ3v) is 3.36. The largest absolute Gasteiger partial charge is 0.487 e. The summed E-state index contributed by atoms with van der Waals surface area (Å²) in [4.78, 5) is 0. The van der Waals surface area contributed by atoms with E-state index in [1.807, 2.05) is 42.8 Å². The molecule has 1 aromatic heterocycles. The van der Waals surface area contributed by atoms with Gasteiger partial charge in [-0.3, -0.25) is 4.68 Å². The van der Waals surface area contributed by atoms with E-state index in [0.29, 0.717) is 11.6 Å². The number of ether oxygens (including phenoxy) is 1. The van der Waals surface area contributed by atoms with E-state index in [9.17, 15) is 0 Å². The fourth-order valence-corrected chi connectivity index (χ4v) is 2.33. The van der Waals surface area contributed by atoms with Gasteiger partial charge in [-0.15, -0.1) is 0 Å². The Bertz CT molecular complexity index is 593. The van der Waals surface area contributed by atoms with E-state index >= 15 is 0 Å². The number of hydrogen-bond acceptors (Lipinski definition) is 3. The summed E-state index contributed by atoms with van der Waals surface area (Å²) >= 11 is 6.00. The fraction of sp³-hybridized carbons (Fsp3) is 0.400. The first kappa shape index (κ1) is 14.9. The molecule has 20 heavy (non-hydrogen) atoms. The number of nitrogens with zero attached hydrogens (tertiary/aromatic N) is 2. The van der Waals surface area contributed by atoms with Crippen LogP contribution in [0, 0.1) is 6.92 Å². The Kier molecular flexibility index (Phi) is 4.68. The average molecular weight is 294 g/mol. The van der Waals surface area contributed by atoms with E-state index in [-0.39, 0.29) is 6.04 Å². The summed E-state index contributed by atoms with van der Waals surface area (Å²) in [5.74, 6) is 0.769. The number of halogens is 1. The highest BCUT2D eigenvalue weighted by Crippen LogP contribution is 2.28. The van der Waals surface area contributed by atoms with E-state index in [1.54, 1.807) is 0 Å². The summed E-state index contributed by atoms with van der Waals surface area (Å²) in [5.41, 5.74) is 8.92. The van der Waals surface area contributed by atoms with Gasteiger partial charge in [-0.1, -0.05) is 11.6 Å². The summed E-state index contributed by atoms with van der Waals surface area (Å²) in [7, 11) is 0. The van der Waals surface area contributed by atoms with Crippen LogP contribution in [0.2, 0.25) is 5.02 Å². The Hall–Kier alpha value is -1.52. The summed E-state index contributed by atoms with van der Waals surface area (Å²) in [6.07, 6.45) is 0. The van der Waals surface area contributed by atoms with Gasteiger partial charge in [0, 0.05) is 23.2 Å². The van der Waals surface area contributed by atoms with E-state index in [4.69, 9.17) is 22.1 Å². The van der Waals surface area contributed by atoms with Gasteiger partial charge in [-0.25, -0.2) is 0 Å². The molecule has 2 rings (SSSR count). The van der Waals surface area contributed by atoms with Crippen LogP contribution in [0.4, 0.5) is 0 Å². The minimum atomic E-state index is -0.124. The first-order chi connectivity index (χ1) is 9.51. The first-order valence-electron chi connectivity index (χ1n) is 6.72. The molecule has 1 aromatic carbocycles. The highest BCUT2D eigenvalue weighted by Gasteiger charge is 2.11. The minimum Gasteiger partial charge on any atom is -0.487 e. The Balaban J connectivity index is 2.18. The average Bonchev–Trinajstić information content (AvgIpc) is 2.77. The van der Waals surface area contributed by atoms with Crippen molar-refractivity contribution in [2.75, 3.05) is 0 Å². The zero-order valence-corrected chi connectivity index (χ0v) is 12.8. The maximum Gasteiger partial charge on any atom is 0.130 e. The topological polar surface area (TPSA) is 53.1 Å². The van der Waals surface area contributed by atoms with Crippen LogP contribution in [-0.2, 0) is 13.2 Å². The lowest BCUT2D eigenvalue weighted by molar-refractivity contribution is 0.288. The first-order valence-corrected chi connectivity index (χ1v) is 7.10. The molecule has 0 amide bonds. The predicted octanol–water partition coefficient (Wildman–Crippen LogP) is 3.46. The second kappa shape index (κ2) is 6.29. The maximum absolute atomic E-state index is 6.00. The van der Waals surface area contributed by atoms with E-state index < -0.39 is 0 Å². The number of benzene rings is 1. The van der Waals surface area contributed by atoms with E-state index in [2.05, 4.69) is 12.0 Å². The molecule has 0 radical (unpaired) electrons. The lowest BCUT2D eigenvalue weighted by Crippen LogP contribution is -2.10. The van der Waals surface area contributed by atoms with Crippen molar-refractivity contribution in [2.45, 2.75) is 40.0 Å². The molecule has 5 heteroatoms. The van der Waals surface area contributed by atoms with Crippen molar-refractivity contribution >= 4 is 11.6 Å². The molecule has 1 heterocycles. The Labute approximate surface area is 124 Å². The van der Waals surface area contributed by atoms with Crippen molar-refractivity contribution in [3.8, 4) is 5.75 Å². The van der Waals surface area contributed by atoms with Crippen molar-refractivity contribution in [3.63, 3.8) is 0 Å². The maximum atomic E-state index is 6.00. The van der Waals surface area contributed by atoms with Crippen LogP contribution in [0.1, 0.15) is 36.8 Å². The Morgan fingerprint density at radius 3 is 2.80 bits per heavy atom. The molecule has 2 N–H and O–H groups in total. The smallest absolute Gasteiger partial charge is 0.130 e. The molecule has 0 aliphatic rings. The minimum absolute atomic E-state index is 0.124. The van der Waals surface area contributed by atoms with Gasteiger partial charge in [0.1, 0.15) is 12.4 Å². The van der Waals surface area contributed by atoms with Gasteiger partial charge in [-0.05, 0) is 45.0 Å². The molecule has 0 fully saturated rings. The number of hydrogen-bond donors (Lipinski definition) is 1. The SMILES string of the molecule is CCn1nc(C)cc1COc1ccc(Cl)cc1C(C)N. The van der Waals surface area contributed by atoms with Gasteiger partial charge in [0.05, 0.1) is 11.4 Å². The monoisotopic (exact) mass is 293 g/mol. The molecule has 108 valence electrons. The van der Waals surface area contributed by atoms with Crippen LogP contribution in [0.25, 0.3) is 0 Å². The Morgan fingerprint density at radius 1 is 1.40 bits per heavy atom. The molecule has 0 aliphatic heterocycles. The van der Waals surface area contributed by atoms with E-state index in [1.165, 1.54) is 0 Å². The van der Waals surface area contributed by atoms with Gasteiger partial charge in [0.15, 0.2) is 0 Å². The third kappa shape index (κ3) is 3.32. The summed E-state index contributed by atoms with van der Waals surface area (Å²) in [6.45, 7) is 7.25. The van der Waals surface area contributed by atoms with Gasteiger partial charge >= 0.3 is 0 Å². The van der Waals surface area contributed by atoms with Gasteiger partial charge in [0.25, 0.3) is 0 Å². The summed E-state index contributed by atoms with van der Waals surface area (Å²) in [5, 5.41) is 5.07. The van der Waals surface area contributed by atoms with Crippen LogP contribution in [0.15, 0.2) is 24.3 Å². The molecule has 0 bridgehead atoms. The number of aryl methyl sites for hydroxylation is 2. The second-order valence-corrected chi connectivity index (χ2v) is 5.29. The number of aromatic nitrogens is 2. The molecule has 0 saturated carbocycles. The molecule has 2 aromatic rings. The van der Waals surface area contributed by atoms with Crippen LogP contribution in [0.3, 0.4) is 0 Å². The van der Waals surface area contributed by atoms with Crippen molar-refractivity contribution < 1.29 is 4.74 Å². The van der Waals surface area contributed by atoms with Gasteiger partial charge in [0.2, 0.25) is 0 Å². The lowest BCUT2D eigenvalue weighted by Gasteiger charge is -2.14. The van der Waals surface area contributed by atoms with Crippen LogP contribution >= 0.6 is 11.6 Å². The standard InChI is InChI=1S/C15H20ClN3O/c1-4-19-13(7-10(2)18-19)9-20-15-6-5-12(16)8-14(15)11(3)17/h5-8,11H,4,9,17H2,1-3H3. The van der Waals surface area contributed by atoms with Gasteiger partial charge in [-0.2, -0.15) is 5.10 Å². The highest BCUT2D eigenvalue weighted by atomic mass is 35.5. The van der Waals surface area contributed by atoms with Crippen molar-refractivity contribution in [3.05, 3.63) is 46.2 Å². The zero-order chi connectivity index (χ0) is 14.7. The quantitative estimate of drug-likeness (QED) is 0.918. The van der Waals surface area contributed by atoms with Crippen molar-refractivity contribution in [1.29, 1.82) is 0 Å².